The smallest absolute Gasteiger partial charge is 0.257 e. The van der Waals surface area contributed by atoms with Crippen LogP contribution in [0.4, 0.5) is 5.69 Å². The van der Waals surface area contributed by atoms with Crippen molar-refractivity contribution in [2.75, 3.05) is 50.8 Å². The molecular weight excluding hydrogens is 475 g/mol. The summed E-state index contributed by atoms with van der Waals surface area (Å²) in [7, 11) is 0. The summed E-state index contributed by atoms with van der Waals surface area (Å²) >= 11 is 12.5. The Morgan fingerprint density at radius 3 is 2.53 bits per heavy atom. The molecule has 1 saturated heterocycles. The number of ether oxygens (including phenoxy) is 1. The molecule has 0 spiro atoms. The number of nitrogens with zero attached hydrogens (tertiary/aromatic N) is 3. The SMILES string of the molecule is NCC(=O)n1c(=O)ccc2ccc(OCCCCN3CCN(c4cccc(Cl)c4Cl)CC3)cc21. The zero-order valence-corrected chi connectivity index (χ0v) is 20.4. The summed E-state index contributed by atoms with van der Waals surface area (Å²) in [4.78, 5) is 29.0. The lowest BCUT2D eigenvalue weighted by Gasteiger charge is -2.36. The quantitative estimate of drug-likeness (QED) is 0.470. The Labute approximate surface area is 208 Å². The second kappa shape index (κ2) is 11.2. The van der Waals surface area contributed by atoms with Crippen molar-refractivity contribution in [2.45, 2.75) is 12.8 Å². The maximum Gasteiger partial charge on any atom is 0.257 e. The normalized spacial score (nSPS) is 14.5. The van der Waals surface area contributed by atoms with E-state index in [1.807, 2.05) is 30.3 Å². The van der Waals surface area contributed by atoms with Crippen LogP contribution in [-0.4, -0.2) is 61.2 Å². The molecule has 0 atom stereocenters. The van der Waals surface area contributed by atoms with Crippen LogP contribution in [0.15, 0.2) is 53.3 Å². The number of nitrogens with two attached hydrogens (primary N) is 1. The molecule has 1 aliphatic rings. The molecule has 180 valence electrons. The molecule has 7 nitrogen and oxygen atoms in total. The van der Waals surface area contributed by atoms with E-state index < -0.39 is 11.5 Å². The highest BCUT2D eigenvalue weighted by Gasteiger charge is 2.19. The first-order valence-electron chi connectivity index (χ1n) is 11.4. The summed E-state index contributed by atoms with van der Waals surface area (Å²) in [6.45, 7) is 5.11. The van der Waals surface area contributed by atoms with Gasteiger partial charge in [0.15, 0.2) is 0 Å². The number of anilines is 1. The number of carbonyl (C=O) groups excluding carboxylic acids is 1. The summed E-state index contributed by atoms with van der Waals surface area (Å²) < 4.78 is 7.01. The van der Waals surface area contributed by atoms with Crippen LogP contribution in [0.5, 0.6) is 5.75 Å². The van der Waals surface area contributed by atoms with Gasteiger partial charge in [0, 0.05) is 38.3 Å². The van der Waals surface area contributed by atoms with E-state index in [2.05, 4.69) is 9.80 Å². The fraction of sp³-hybridized carbons (Fsp3) is 0.360. The van der Waals surface area contributed by atoms with E-state index in [0.717, 1.165) is 61.2 Å². The van der Waals surface area contributed by atoms with E-state index in [4.69, 9.17) is 33.7 Å². The minimum absolute atomic E-state index is 0.232. The lowest BCUT2D eigenvalue weighted by molar-refractivity contribution is 0.0924. The van der Waals surface area contributed by atoms with Crippen LogP contribution < -0.4 is 20.9 Å². The summed E-state index contributed by atoms with van der Waals surface area (Å²) in [5.41, 5.74) is 6.59. The molecule has 34 heavy (non-hydrogen) atoms. The number of halogens is 2. The van der Waals surface area contributed by atoms with E-state index in [9.17, 15) is 9.59 Å². The van der Waals surface area contributed by atoms with E-state index in [1.165, 1.54) is 6.07 Å². The number of pyridine rings is 1. The maximum absolute atomic E-state index is 12.2. The zero-order valence-electron chi connectivity index (χ0n) is 18.9. The summed E-state index contributed by atoms with van der Waals surface area (Å²) in [6.07, 6.45) is 1.92. The molecule has 2 heterocycles. The van der Waals surface area contributed by atoms with Gasteiger partial charge in [-0.05, 0) is 55.1 Å². The van der Waals surface area contributed by atoms with E-state index >= 15 is 0 Å². The third-order valence-corrected chi connectivity index (χ3v) is 6.88. The average Bonchev–Trinajstić information content (AvgIpc) is 2.85. The average molecular weight is 503 g/mol. The van der Waals surface area contributed by atoms with Gasteiger partial charge < -0.3 is 15.4 Å². The van der Waals surface area contributed by atoms with Crippen molar-refractivity contribution in [1.29, 1.82) is 0 Å². The molecule has 2 aromatic carbocycles. The minimum atomic E-state index is -0.439. The Balaban J connectivity index is 1.24. The Morgan fingerprint density at radius 1 is 1.00 bits per heavy atom. The molecule has 0 amide bonds. The van der Waals surface area contributed by atoms with Crippen molar-refractivity contribution in [2.24, 2.45) is 5.73 Å². The lowest BCUT2D eigenvalue weighted by atomic mass is 10.2. The number of benzene rings is 2. The van der Waals surface area contributed by atoms with Gasteiger partial charge in [0.2, 0.25) is 5.91 Å². The number of aromatic nitrogens is 1. The molecule has 9 heteroatoms. The molecule has 4 rings (SSSR count). The molecular formula is C25H28Cl2N4O3. The predicted molar refractivity (Wildman–Crippen MR) is 138 cm³/mol. The molecule has 0 saturated carbocycles. The first-order chi connectivity index (χ1) is 16.5. The first-order valence-corrected chi connectivity index (χ1v) is 12.2. The van der Waals surface area contributed by atoms with E-state index in [1.54, 1.807) is 12.1 Å². The number of hydrogen-bond acceptors (Lipinski definition) is 6. The largest absolute Gasteiger partial charge is 0.494 e. The standard InChI is InChI=1S/C25H28Cl2N4O3/c26-20-4-3-5-21(25(20)27)30-13-11-29(12-14-30)10-1-2-15-34-19-8-6-18-7-9-23(32)31(22(18)16-19)24(33)17-28/h3-9,16H,1-2,10-15,17,28H2. The number of hydrogen-bond donors (Lipinski definition) is 1. The monoisotopic (exact) mass is 502 g/mol. The molecule has 1 fully saturated rings. The second-order valence-corrected chi connectivity index (χ2v) is 9.07. The summed E-state index contributed by atoms with van der Waals surface area (Å²) in [5, 5.41) is 1.99. The van der Waals surface area contributed by atoms with Crippen LogP contribution in [0, 0.1) is 0 Å². The Bertz CT molecular complexity index is 1220. The second-order valence-electron chi connectivity index (χ2n) is 8.28. The van der Waals surface area contributed by atoms with Gasteiger partial charge >= 0.3 is 0 Å². The highest BCUT2D eigenvalue weighted by Crippen LogP contribution is 2.32. The Hall–Kier alpha value is -2.58. The van der Waals surface area contributed by atoms with Crippen LogP contribution in [-0.2, 0) is 0 Å². The van der Waals surface area contributed by atoms with Gasteiger partial charge in [0.1, 0.15) is 5.75 Å². The van der Waals surface area contributed by atoms with Crippen molar-refractivity contribution < 1.29 is 9.53 Å². The predicted octanol–water partition coefficient (Wildman–Crippen LogP) is 3.89. The van der Waals surface area contributed by atoms with Crippen molar-refractivity contribution >= 4 is 45.7 Å². The number of carbonyl (C=O) groups is 1. The van der Waals surface area contributed by atoms with Crippen LogP contribution in [0.3, 0.4) is 0 Å². The van der Waals surface area contributed by atoms with Crippen molar-refractivity contribution in [1.82, 2.24) is 9.47 Å². The lowest BCUT2D eigenvalue weighted by Crippen LogP contribution is -2.46. The number of unbranched alkanes of at least 4 members (excludes halogenated alkanes) is 1. The number of rotatable bonds is 8. The van der Waals surface area contributed by atoms with Gasteiger partial charge in [-0.2, -0.15) is 0 Å². The summed E-state index contributed by atoms with van der Waals surface area (Å²) in [5.74, 6) is 0.189. The van der Waals surface area contributed by atoms with Crippen molar-refractivity contribution in [3.63, 3.8) is 0 Å². The fourth-order valence-electron chi connectivity index (χ4n) is 4.23. The minimum Gasteiger partial charge on any atom is -0.494 e. The highest BCUT2D eigenvalue weighted by molar-refractivity contribution is 6.43. The van der Waals surface area contributed by atoms with Crippen LogP contribution in [0.1, 0.15) is 17.6 Å². The molecule has 1 aliphatic heterocycles. The van der Waals surface area contributed by atoms with Gasteiger partial charge in [-0.3, -0.25) is 14.5 Å². The molecule has 0 bridgehead atoms. The van der Waals surface area contributed by atoms with Crippen LogP contribution in [0.2, 0.25) is 10.0 Å². The van der Waals surface area contributed by atoms with E-state index in [0.29, 0.717) is 27.9 Å². The third kappa shape index (κ3) is 5.55. The first kappa shape index (κ1) is 24.5. The molecule has 0 radical (unpaired) electrons. The third-order valence-electron chi connectivity index (χ3n) is 6.07. The molecule has 3 aromatic rings. The molecule has 2 N–H and O–H groups in total. The zero-order chi connectivity index (χ0) is 24.1. The van der Waals surface area contributed by atoms with Gasteiger partial charge in [-0.1, -0.05) is 29.3 Å². The van der Waals surface area contributed by atoms with Crippen LogP contribution in [0.25, 0.3) is 10.9 Å². The van der Waals surface area contributed by atoms with E-state index in [-0.39, 0.29) is 6.54 Å². The topological polar surface area (TPSA) is 80.8 Å². The summed E-state index contributed by atoms with van der Waals surface area (Å²) in [6, 6.07) is 14.2. The van der Waals surface area contributed by atoms with Crippen molar-refractivity contribution in [3.05, 3.63) is 68.9 Å². The highest BCUT2D eigenvalue weighted by atomic mass is 35.5. The van der Waals surface area contributed by atoms with Crippen LogP contribution >= 0.6 is 23.2 Å². The van der Waals surface area contributed by atoms with Crippen molar-refractivity contribution in [3.8, 4) is 5.75 Å². The van der Waals surface area contributed by atoms with Gasteiger partial charge in [-0.25, -0.2) is 4.57 Å². The Kier molecular flexibility index (Phi) is 8.11. The molecule has 1 aromatic heterocycles. The number of piperazine rings is 1. The fourth-order valence-corrected chi connectivity index (χ4v) is 4.64. The van der Waals surface area contributed by atoms with Gasteiger partial charge in [0.05, 0.1) is 34.4 Å². The molecule has 0 unspecified atom stereocenters. The maximum atomic E-state index is 12.2. The Morgan fingerprint density at radius 2 is 1.76 bits per heavy atom. The van der Waals surface area contributed by atoms with Gasteiger partial charge in [-0.15, -0.1) is 0 Å². The van der Waals surface area contributed by atoms with Gasteiger partial charge in [0.25, 0.3) is 5.56 Å². The molecule has 0 aliphatic carbocycles. The number of fused-ring (bicyclic) bond motifs is 1.